The van der Waals surface area contributed by atoms with Gasteiger partial charge >= 0.3 is 6.18 Å². The van der Waals surface area contributed by atoms with E-state index in [1.54, 1.807) is 0 Å². The lowest BCUT2D eigenvalue weighted by atomic mass is 10.2. The minimum Gasteiger partial charge on any atom is -0.396 e. The maximum atomic E-state index is 12.5. The Morgan fingerprint density at radius 3 is 2.78 bits per heavy atom. The number of pyridine rings is 1. The standard InChI is InChI=1S/C11H15F3N2O2/c1-18-7-9(3-5-17)16-10-6-8(2-4-15-10)11(12,13)14/h2,4,6,9,17H,3,5,7H2,1H3,(H,15,16). The van der Waals surface area contributed by atoms with Gasteiger partial charge in [0, 0.05) is 19.9 Å². The molecule has 2 N–H and O–H groups in total. The Bertz CT molecular complexity index is 366. The van der Waals surface area contributed by atoms with Crippen LogP contribution in [-0.2, 0) is 10.9 Å². The highest BCUT2D eigenvalue weighted by molar-refractivity contribution is 5.39. The van der Waals surface area contributed by atoms with Crippen molar-refractivity contribution in [1.82, 2.24) is 4.98 Å². The first kappa shape index (κ1) is 14.7. The summed E-state index contributed by atoms with van der Waals surface area (Å²) < 4.78 is 42.3. The fourth-order valence-corrected chi connectivity index (χ4v) is 1.45. The van der Waals surface area contributed by atoms with Gasteiger partial charge in [0.25, 0.3) is 0 Å². The first-order chi connectivity index (χ1) is 8.47. The second-order valence-electron chi connectivity index (χ2n) is 3.74. The Kier molecular flexibility index (Phi) is 5.36. The lowest BCUT2D eigenvalue weighted by molar-refractivity contribution is -0.137. The average molecular weight is 264 g/mol. The van der Waals surface area contributed by atoms with Gasteiger partial charge in [0.1, 0.15) is 5.82 Å². The molecule has 18 heavy (non-hydrogen) atoms. The molecule has 1 heterocycles. The summed E-state index contributed by atoms with van der Waals surface area (Å²) in [4.78, 5) is 3.81. The molecule has 0 spiro atoms. The van der Waals surface area contributed by atoms with Crippen LogP contribution in [-0.4, -0.2) is 36.5 Å². The number of ether oxygens (including phenoxy) is 1. The molecule has 1 aromatic rings. The minimum atomic E-state index is -4.40. The number of anilines is 1. The Morgan fingerprint density at radius 2 is 2.22 bits per heavy atom. The van der Waals surface area contributed by atoms with Crippen molar-refractivity contribution in [2.24, 2.45) is 0 Å². The van der Waals surface area contributed by atoms with E-state index in [9.17, 15) is 13.2 Å². The van der Waals surface area contributed by atoms with Crippen LogP contribution in [0.15, 0.2) is 18.3 Å². The molecule has 0 saturated carbocycles. The molecule has 102 valence electrons. The molecule has 0 aromatic carbocycles. The van der Waals surface area contributed by atoms with E-state index >= 15 is 0 Å². The molecule has 1 aromatic heterocycles. The number of aliphatic hydroxyl groups is 1. The van der Waals surface area contributed by atoms with Crippen LogP contribution in [0.1, 0.15) is 12.0 Å². The van der Waals surface area contributed by atoms with E-state index in [0.29, 0.717) is 6.42 Å². The zero-order valence-electron chi connectivity index (χ0n) is 9.87. The number of hydrogen-bond donors (Lipinski definition) is 2. The molecule has 0 bridgehead atoms. The molecule has 0 aliphatic heterocycles. The summed E-state index contributed by atoms with van der Waals surface area (Å²) in [6.45, 7) is 0.193. The predicted molar refractivity (Wildman–Crippen MR) is 60.2 cm³/mol. The highest BCUT2D eigenvalue weighted by Gasteiger charge is 2.30. The molecular weight excluding hydrogens is 249 g/mol. The first-order valence-electron chi connectivity index (χ1n) is 5.37. The van der Waals surface area contributed by atoms with Gasteiger partial charge < -0.3 is 15.2 Å². The van der Waals surface area contributed by atoms with Crippen molar-refractivity contribution in [3.8, 4) is 0 Å². The molecule has 7 heteroatoms. The van der Waals surface area contributed by atoms with Crippen LogP contribution in [0.5, 0.6) is 0 Å². The molecule has 0 aliphatic rings. The molecule has 0 fully saturated rings. The van der Waals surface area contributed by atoms with Crippen molar-refractivity contribution in [3.63, 3.8) is 0 Å². The van der Waals surface area contributed by atoms with Crippen LogP contribution in [0, 0.1) is 0 Å². The maximum Gasteiger partial charge on any atom is 0.416 e. The lowest BCUT2D eigenvalue weighted by Gasteiger charge is -2.18. The second-order valence-corrected chi connectivity index (χ2v) is 3.74. The number of alkyl halides is 3. The molecule has 4 nitrogen and oxygen atoms in total. The van der Waals surface area contributed by atoms with E-state index in [0.717, 1.165) is 18.3 Å². The van der Waals surface area contributed by atoms with E-state index in [-0.39, 0.29) is 25.1 Å². The van der Waals surface area contributed by atoms with Crippen LogP contribution >= 0.6 is 0 Å². The summed E-state index contributed by atoms with van der Waals surface area (Å²) in [5, 5.41) is 11.6. The number of nitrogens with one attached hydrogen (secondary N) is 1. The van der Waals surface area contributed by atoms with Crippen molar-refractivity contribution in [3.05, 3.63) is 23.9 Å². The third-order valence-electron chi connectivity index (χ3n) is 2.28. The molecule has 0 radical (unpaired) electrons. The normalized spacial score (nSPS) is 13.4. The third kappa shape index (κ3) is 4.50. The average Bonchev–Trinajstić information content (AvgIpc) is 2.29. The Labute approximate surface area is 103 Å². The van der Waals surface area contributed by atoms with Gasteiger partial charge in [-0.1, -0.05) is 0 Å². The second kappa shape index (κ2) is 6.55. The van der Waals surface area contributed by atoms with Crippen molar-refractivity contribution in [1.29, 1.82) is 0 Å². The summed E-state index contributed by atoms with van der Waals surface area (Å²) in [6.07, 6.45) is -2.94. The Balaban J connectivity index is 2.77. The van der Waals surface area contributed by atoms with E-state index in [1.807, 2.05) is 0 Å². The highest BCUT2D eigenvalue weighted by Crippen LogP contribution is 2.30. The molecule has 0 saturated heterocycles. The van der Waals surface area contributed by atoms with E-state index in [1.165, 1.54) is 7.11 Å². The Hall–Kier alpha value is -1.34. The van der Waals surface area contributed by atoms with E-state index < -0.39 is 11.7 Å². The summed E-state index contributed by atoms with van der Waals surface area (Å²) in [6, 6.07) is 1.55. The number of rotatable bonds is 6. The van der Waals surface area contributed by atoms with Crippen LogP contribution in [0.3, 0.4) is 0 Å². The van der Waals surface area contributed by atoms with Crippen LogP contribution < -0.4 is 5.32 Å². The molecule has 0 aliphatic carbocycles. The summed E-state index contributed by atoms with van der Waals surface area (Å²) in [5.74, 6) is 0.111. The number of aromatic nitrogens is 1. The summed E-state index contributed by atoms with van der Waals surface area (Å²) >= 11 is 0. The molecule has 1 atom stereocenters. The SMILES string of the molecule is COCC(CCO)Nc1cc(C(F)(F)F)ccn1. The van der Waals surface area contributed by atoms with Crippen LogP contribution in [0.2, 0.25) is 0 Å². The first-order valence-corrected chi connectivity index (χ1v) is 5.37. The zero-order valence-corrected chi connectivity index (χ0v) is 9.87. The minimum absolute atomic E-state index is 0.0833. The maximum absolute atomic E-state index is 12.5. The van der Waals surface area contributed by atoms with Gasteiger partial charge in [-0.05, 0) is 18.6 Å². The van der Waals surface area contributed by atoms with Crippen molar-refractivity contribution in [2.45, 2.75) is 18.6 Å². The quantitative estimate of drug-likeness (QED) is 0.824. The van der Waals surface area contributed by atoms with Crippen LogP contribution in [0.25, 0.3) is 0 Å². The van der Waals surface area contributed by atoms with Gasteiger partial charge in [0.2, 0.25) is 0 Å². The molecular formula is C11H15F3N2O2. The number of aliphatic hydroxyl groups excluding tert-OH is 1. The smallest absolute Gasteiger partial charge is 0.396 e. The van der Waals surface area contributed by atoms with Crippen molar-refractivity contribution < 1.29 is 23.0 Å². The van der Waals surface area contributed by atoms with Gasteiger partial charge in [-0.2, -0.15) is 13.2 Å². The van der Waals surface area contributed by atoms with Gasteiger partial charge in [-0.3, -0.25) is 0 Å². The molecule has 0 amide bonds. The number of halogens is 3. The Morgan fingerprint density at radius 1 is 1.50 bits per heavy atom. The number of nitrogens with zero attached hydrogens (tertiary/aromatic N) is 1. The van der Waals surface area contributed by atoms with Crippen molar-refractivity contribution >= 4 is 5.82 Å². The van der Waals surface area contributed by atoms with Gasteiger partial charge in [-0.25, -0.2) is 4.98 Å². The summed E-state index contributed by atoms with van der Waals surface area (Å²) in [5.41, 5.74) is -0.764. The van der Waals surface area contributed by atoms with Gasteiger partial charge in [0.15, 0.2) is 0 Å². The van der Waals surface area contributed by atoms with Gasteiger partial charge in [0.05, 0.1) is 18.2 Å². The summed E-state index contributed by atoms with van der Waals surface area (Å²) in [7, 11) is 1.48. The fourth-order valence-electron chi connectivity index (χ4n) is 1.45. The van der Waals surface area contributed by atoms with E-state index in [2.05, 4.69) is 10.3 Å². The fraction of sp³-hybridized carbons (Fsp3) is 0.545. The van der Waals surface area contributed by atoms with Crippen molar-refractivity contribution in [2.75, 3.05) is 25.6 Å². The zero-order chi connectivity index (χ0) is 13.6. The topological polar surface area (TPSA) is 54.4 Å². The lowest BCUT2D eigenvalue weighted by Crippen LogP contribution is -2.26. The van der Waals surface area contributed by atoms with Gasteiger partial charge in [-0.15, -0.1) is 0 Å². The number of methoxy groups -OCH3 is 1. The molecule has 1 rings (SSSR count). The largest absolute Gasteiger partial charge is 0.416 e. The van der Waals surface area contributed by atoms with Crippen LogP contribution in [0.4, 0.5) is 19.0 Å². The third-order valence-corrected chi connectivity index (χ3v) is 2.28. The highest BCUT2D eigenvalue weighted by atomic mass is 19.4. The predicted octanol–water partition coefficient (Wildman–Crippen LogP) is 1.91. The monoisotopic (exact) mass is 264 g/mol. The molecule has 1 unspecified atom stereocenters. The number of hydrogen-bond acceptors (Lipinski definition) is 4. The van der Waals surface area contributed by atoms with E-state index in [4.69, 9.17) is 9.84 Å².